The molecular weight excluding hydrogens is 398 g/mol. The molecule has 160 valence electrons. The van der Waals surface area contributed by atoms with Crippen LogP contribution in [-0.2, 0) is 16.2 Å². The Labute approximate surface area is 182 Å². The Morgan fingerprint density at radius 1 is 1.30 bits per heavy atom. The lowest BCUT2D eigenvalue weighted by atomic mass is 10.0. The van der Waals surface area contributed by atoms with Crippen LogP contribution >= 0.6 is 11.3 Å². The molecule has 0 saturated carbocycles. The van der Waals surface area contributed by atoms with E-state index in [2.05, 4.69) is 10.3 Å². The summed E-state index contributed by atoms with van der Waals surface area (Å²) in [6.07, 6.45) is 5.26. The molecule has 2 amide bonds. The lowest BCUT2D eigenvalue weighted by Crippen LogP contribution is -2.50. The summed E-state index contributed by atoms with van der Waals surface area (Å²) >= 11 is 1.60. The molecule has 0 spiro atoms. The molecule has 0 radical (unpaired) electrons. The van der Waals surface area contributed by atoms with Crippen molar-refractivity contribution in [2.45, 2.75) is 46.3 Å². The van der Waals surface area contributed by atoms with Gasteiger partial charge < -0.3 is 15.0 Å². The summed E-state index contributed by atoms with van der Waals surface area (Å²) in [5.74, 6) is 0.483. The van der Waals surface area contributed by atoms with E-state index in [4.69, 9.17) is 4.74 Å². The highest BCUT2D eigenvalue weighted by atomic mass is 32.1. The number of ether oxygens (including phenoxy) is 1. The molecule has 1 aliphatic rings. The van der Waals surface area contributed by atoms with Gasteiger partial charge >= 0.3 is 0 Å². The van der Waals surface area contributed by atoms with E-state index in [-0.39, 0.29) is 17.7 Å². The molecule has 6 nitrogen and oxygen atoms in total. The van der Waals surface area contributed by atoms with Crippen LogP contribution in [0.25, 0.3) is 6.08 Å². The van der Waals surface area contributed by atoms with Crippen LogP contribution in [0, 0.1) is 12.8 Å². The maximum atomic E-state index is 12.7. The Kier molecular flexibility index (Phi) is 7.63. The third-order valence-electron chi connectivity index (χ3n) is 4.99. The molecule has 0 bridgehead atoms. The molecular formula is C23H29N3O3S. The van der Waals surface area contributed by atoms with Crippen LogP contribution in [0.1, 0.15) is 43.0 Å². The number of aryl methyl sites for hydroxylation is 1. The Hall–Kier alpha value is -2.67. The summed E-state index contributed by atoms with van der Waals surface area (Å²) in [5.41, 5.74) is 1.75. The van der Waals surface area contributed by atoms with Gasteiger partial charge in [0.15, 0.2) is 0 Å². The molecule has 0 unspecified atom stereocenters. The molecule has 1 aromatic heterocycles. The number of rotatable bonds is 8. The third-order valence-corrected chi connectivity index (χ3v) is 5.81. The lowest BCUT2D eigenvalue weighted by Gasteiger charge is -2.26. The summed E-state index contributed by atoms with van der Waals surface area (Å²) in [6.45, 7) is 7.84. The Balaban J connectivity index is 1.57. The first-order valence-corrected chi connectivity index (χ1v) is 11.2. The lowest BCUT2D eigenvalue weighted by molar-refractivity contribution is -0.135. The molecule has 1 atom stereocenters. The van der Waals surface area contributed by atoms with Gasteiger partial charge in [-0.15, -0.1) is 11.3 Å². The van der Waals surface area contributed by atoms with Gasteiger partial charge in [-0.25, -0.2) is 4.98 Å². The van der Waals surface area contributed by atoms with Crippen molar-refractivity contribution < 1.29 is 14.3 Å². The van der Waals surface area contributed by atoms with Crippen molar-refractivity contribution in [3.63, 3.8) is 0 Å². The van der Waals surface area contributed by atoms with Crippen molar-refractivity contribution in [3.8, 4) is 5.75 Å². The fourth-order valence-corrected chi connectivity index (χ4v) is 3.96. The number of carbonyl (C=O) groups is 2. The minimum atomic E-state index is -0.503. The minimum absolute atomic E-state index is 0.0110. The van der Waals surface area contributed by atoms with Gasteiger partial charge in [0.25, 0.3) is 0 Å². The van der Waals surface area contributed by atoms with E-state index in [0.29, 0.717) is 12.4 Å². The standard InChI is InChI=1S/C23H29N3O3S/c1-16(2)22(23(28)26-11-4-5-12-26)25-21(27)10-9-18-7-6-8-20(13-18)29-14-19-15-30-17(3)24-19/h6-10,13,15-16,22H,4-5,11-12,14H2,1-3H3,(H,25,27)/t22-/m0/s1. The molecule has 2 aromatic rings. The van der Waals surface area contributed by atoms with Gasteiger partial charge in [0.1, 0.15) is 18.4 Å². The number of aromatic nitrogens is 1. The summed E-state index contributed by atoms with van der Waals surface area (Å²) in [5, 5.41) is 5.87. The molecule has 1 fully saturated rings. The second kappa shape index (κ2) is 10.4. The maximum absolute atomic E-state index is 12.7. The molecule has 1 saturated heterocycles. The average Bonchev–Trinajstić information content (AvgIpc) is 3.40. The fraction of sp³-hybridized carbons (Fsp3) is 0.435. The summed E-state index contributed by atoms with van der Waals surface area (Å²) in [6, 6.07) is 7.03. The highest BCUT2D eigenvalue weighted by Crippen LogP contribution is 2.17. The van der Waals surface area contributed by atoms with E-state index in [1.54, 1.807) is 17.4 Å². The van der Waals surface area contributed by atoms with E-state index >= 15 is 0 Å². The minimum Gasteiger partial charge on any atom is -0.487 e. The molecule has 2 heterocycles. The van der Waals surface area contributed by atoms with Crippen LogP contribution in [0.2, 0.25) is 0 Å². The zero-order chi connectivity index (χ0) is 21.5. The van der Waals surface area contributed by atoms with E-state index in [1.807, 2.05) is 55.3 Å². The van der Waals surface area contributed by atoms with Crippen molar-refractivity contribution in [2.75, 3.05) is 13.1 Å². The van der Waals surface area contributed by atoms with Crippen molar-refractivity contribution in [1.29, 1.82) is 0 Å². The molecule has 30 heavy (non-hydrogen) atoms. The number of carbonyl (C=O) groups excluding carboxylic acids is 2. The molecule has 3 rings (SSSR count). The number of nitrogens with one attached hydrogen (secondary N) is 1. The first-order chi connectivity index (χ1) is 14.4. The Morgan fingerprint density at radius 3 is 2.73 bits per heavy atom. The molecule has 1 aromatic carbocycles. The number of hydrogen-bond donors (Lipinski definition) is 1. The monoisotopic (exact) mass is 427 g/mol. The second-order valence-corrected chi connectivity index (χ2v) is 8.88. The van der Waals surface area contributed by atoms with Gasteiger partial charge in [-0.1, -0.05) is 26.0 Å². The average molecular weight is 428 g/mol. The van der Waals surface area contributed by atoms with Crippen molar-refractivity contribution >= 4 is 29.2 Å². The van der Waals surface area contributed by atoms with Crippen LogP contribution < -0.4 is 10.1 Å². The first-order valence-electron chi connectivity index (χ1n) is 10.3. The quantitative estimate of drug-likeness (QED) is 0.651. The van der Waals surface area contributed by atoms with E-state index < -0.39 is 6.04 Å². The Bertz CT molecular complexity index is 901. The number of benzene rings is 1. The van der Waals surface area contributed by atoms with Crippen LogP contribution in [0.3, 0.4) is 0 Å². The number of amides is 2. The fourth-order valence-electron chi connectivity index (χ4n) is 3.36. The SMILES string of the molecule is Cc1nc(COc2cccc(C=CC(=O)N[C@H](C(=O)N3CCCC3)C(C)C)c2)cs1. The van der Waals surface area contributed by atoms with Gasteiger partial charge in [0, 0.05) is 24.5 Å². The van der Waals surface area contributed by atoms with Crippen molar-refractivity contribution in [1.82, 2.24) is 15.2 Å². The zero-order valence-corrected chi connectivity index (χ0v) is 18.6. The predicted molar refractivity (Wildman–Crippen MR) is 119 cm³/mol. The number of nitrogens with zero attached hydrogens (tertiary/aromatic N) is 2. The van der Waals surface area contributed by atoms with Crippen LogP contribution in [0.4, 0.5) is 0 Å². The molecule has 7 heteroatoms. The molecule has 1 N–H and O–H groups in total. The summed E-state index contributed by atoms with van der Waals surface area (Å²) in [4.78, 5) is 31.4. The van der Waals surface area contributed by atoms with Gasteiger partial charge in [0.05, 0.1) is 10.7 Å². The topological polar surface area (TPSA) is 71.5 Å². The molecule has 0 aliphatic carbocycles. The summed E-state index contributed by atoms with van der Waals surface area (Å²) < 4.78 is 5.80. The van der Waals surface area contributed by atoms with Crippen LogP contribution in [-0.4, -0.2) is 40.8 Å². The first kappa shape index (κ1) is 22.0. The number of hydrogen-bond acceptors (Lipinski definition) is 5. The van der Waals surface area contributed by atoms with Gasteiger partial charge in [-0.05, 0) is 49.5 Å². The second-order valence-electron chi connectivity index (χ2n) is 7.82. The highest BCUT2D eigenvalue weighted by molar-refractivity contribution is 7.09. The van der Waals surface area contributed by atoms with Crippen LogP contribution in [0.5, 0.6) is 5.75 Å². The third kappa shape index (κ3) is 6.16. The van der Waals surface area contributed by atoms with E-state index in [1.165, 1.54) is 6.08 Å². The largest absolute Gasteiger partial charge is 0.487 e. The number of thiazole rings is 1. The van der Waals surface area contributed by atoms with Crippen molar-refractivity contribution in [3.05, 3.63) is 52.0 Å². The maximum Gasteiger partial charge on any atom is 0.245 e. The van der Waals surface area contributed by atoms with E-state index in [9.17, 15) is 9.59 Å². The smallest absolute Gasteiger partial charge is 0.245 e. The van der Waals surface area contributed by atoms with Crippen LogP contribution in [0.15, 0.2) is 35.7 Å². The normalized spacial score (nSPS) is 15.0. The van der Waals surface area contributed by atoms with Gasteiger partial charge in [0.2, 0.25) is 11.8 Å². The zero-order valence-electron chi connectivity index (χ0n) is 17.8. The van der Waals surface area contributed by atoms with Gasteiger partial charge in [-0.3, -0.25) is 9.59 Å². The summed E-state index contributed by atoms with van der Waals surface area (Å²) in [7, 11) is 0. The highest BCUT2D eigenvalue weighted by Gasteiger charge is 2.29. The van der Waals surface area contributed by atoms with E-state index in [0.717, 1.165) is 42.2 Å². The predicted octanol–water partition coefficient (Wildman–Crippen LogP) is 3.81. The Morgan fingerprint density at radius 2 is 2.07 bits per heavy atom. The van der Waals surface area contributed by atoms with Gasteiger partial charge in [-0.2, -0.15) is 0 Å². The van der Waals surface area contributed by atoms with Crippen molar-refractivity contribution in [2.24, 2.45) is 5.92 Å². The molecule has 1 aliphatic heterocycles. The number of likely N-dealkylation sites (tertiary alicyclic amines) is 1.